The van der Waals surface area contributed by atoms with Gasteiger partial charge in [0.25, 0.3) is 5.50 Å². The van der Waals surface area contributed by atoms with Gasteiger partial charge in [0, 0.05) is 24.6 Å². The van der Waals surface area contributed by atoms with Crippen LogP contribution >= 0.6 is 0 Å². The minimum atomic E-state index is -6.11. The zero-order valence-electron chi connectivity index (χ0n) is 14.3. The quantitative estimate of drug-likeness (QED) is 0.507. The largest absolute Gasteiger partial charge is 0.434 e. The van der Waals surface area contributed by atoms with Crippen LogP contribution in [0.4, 0.5) is 31.1 Å². The highest BCUT2D eigenvalue weighted by Crippen LogP contribution is 2.44. The summed E-state index contributed by atoms with van der Waals surface area (Å²) in [7, 11) is 21.7. The maximum atomic E-state index is 12.8. The third-order valence-electron chi connectivity index (χ3n) is 3.83. The maximum Gasteiger partial charge on any atom is 0.427 e. The number of carbonyl (C=O) groups is 1. The first-order valence-electron chi connectivity index (χ1n) is 7.27. The Morgan fingerprint density at radius 1 is 1.08 bits per heavy atom. The van der Waals surface area contributed by atoms with E-state index in [0.29, 0.717) is 4.90 Å². The minimum absolute atomic E-state index is 0.221. The summed E-state index contributed by atoms with van der Waals surface area (Å²) in [5.74, 6) is -1.33. The van der Waals surface area contributed by atoms with E-state index in [2.05, 4.69) is 12.6 Å². The molecular weight excluding hydrogens is 361 g/mol. The SMILES string of the molecule is [B]C1CN(C(C)(C)C)C([B])([B])CN1C(=O)OC([B])(C(F)(F)F)C(F)(F)F. The van der Waals surface area contributed by atoms with E-state index in [9.17, 15) is 31.1 Å². The van der Waals surface area contributed by atoms with E-state index >= 15 is 0 Å². The molecule has 0 aromatic rings. The lowest BCUT2D eigenvalue weighted by Crippen LogP contribution is -2.72. The molecule has 1 atom stereocenters. The predicted octanol–water partition coefficient (Wildman–Crippen LogP) is 1.01. The third-order valence-corrected chi connectivity index (χ3v) is 3.83. The molecule has 0 spiro atoms. The Labute approximate surface area is 152 Å². The summed E-state index contributed by atoms with van der Waals surface area (Å²) in [6.07, 6.45) is -14.3. The summed E-state index contributed by atoms with van der Waals surface area (Å²) in [5.41, 5.74) is -5.85. The molecule has 1 amide bonds. The van der Waals surface area contributed by atoms with E-state index in [1.165, 1.54) is 4.90 Å². The van der Waals surface area contributed by atoms with Crippen LogP contribution in [0.3, 0.4) is 0 Å². The monoisotopic (exact) mass is 376 g/mol. The van der Waals surface area contributed by atoms with Crippen molar-refractivity contribution in [3.05, 3.63) is 0 Å². The number of hydrogen-bond acceptors (Lipinski definition) is 3. The minimum Gasteiger partial charge on any atom is -0.434 e. The number of amides is 1. The van der Waals surface area contributed by atoms with Crippen molar-refractivity contribution in [3.63, 3.8) is 0 Å². The smallest absolute Gasteiger partial charge is 0.427 e. The summed E-state index contributed by atoms with van der Waals surface area (Å²) in [4.78, 5) is 13.8. The molecule has 0 N–H and O–H groups in total. The van der Waals surface area contributed by atoms with Crippen molar-refractivity contribution in [2.75, 3.05) is 13.1 Å². The van der Waals surface area contributed by atoms with Gasteiger partial charge < -0.3 is 14.5 Å². The molecule has 0 aromatic carbocycles. The number of carbonyl (C=O) groups excluding carboxylic acids is 1. The van der Waals surface area contributed by atoms with Crippen LogP contribution in [0.2, 0.25) is 0 Å². The Bertz CT molecular complexity index is 535. The zero-order chi connectivity index (χ0) is 20.9. The molecule has 14 heteroatoms. The Balaban J connectivity index is 3.11. The first-order chi connectivity index (χ1) is 11.2. The second-order valence-electron chi connectivity index (χ2n) is 7.07. The van der Waals surface area contributed by atoms with Crippen molar-refractivity contribution >= 4 is 37.5 Å². The van der Waals surface area contributed by atoms with Crippen LogP contribution in [0.15, 0.2) is 0 Å². The molecule has 1 aliphatic rings. The van der Waals surface area contributed by atoms with E-state index < -0.39 is 47.3 Å². The lowest BCUT2D eigenvalue weighted by molar-refractivity contribution is -0.331. The van der Waals surface area contributed by atoms with Crippen molar-refractivity contribution in [2.45, 2.75) is 55.4 Å². The molecule has 26 heavy (non-hydrogen) atoms. The number of rotatable bonds is 1. The fourth-order valence-electron chi connectivity index (χ4n) is 2.50. The van der Waals surface area contributed by atoms with E-state index in [1.807, 2.05) is 0 Å². The fourth-order valence-corrected chi connectivity index (χ4v) is 2.50. The summed E-state index contributed by atoms with van der Waals surface area (Å²) < 4.78 is 80.2. The number of alkyl halides is 6. The van der Waals surface area contributed by atoms with Crippen molar-refractivity contribution in [1.82, 2.24) is 9.80 Å². The zero-order valence-corrected chi connectivity index (χ0v) is 14.3. The Morgan fingerprint density at radius 3 is 1.85 bits per heavy atom. The van der Waals surface area contributed by atoms with Crippen molar-refractivity contribution in [2.24, 2.45) is 0 Å². The Kier molecular flexibility index (Phi) is 5.86. The van der Waals surface area contributed by atoms with Crippen molar-refractivity contribution < 1.29 is 35.9 Å². The molecule has 1 rings (SSSR count). The number of hydrogen-bond donors (Lipinski definition) is 0. The molecule has 1 heterocycles. The molecule has 0 bridgehead atoms. The average molecular weight is 375 g/mol. The van der Waals surface area contributed by atoms with Crippen LogP contribution in [-0.2, 0) is 4.74 Å². The van der Waals surface area contributed by atoms with Gasteiger partial charge in [0.2, 0.25) is 0 Å². The number of ether oxygens (including phenoxy) is 1. The number of nitrogens with zero attached hydrogens (tertiary/aromatic N) is 2. The van der Waals surface area contributed by atoms with Crippen molar-refractivity contribution in [3.8, 4) is 0 Å². The van der Waals surface area contributed by atoms with Gasteiger partial charge in [-0.15, -0.1) is 0 Å². The second kappa shape index (κ2) is 6.60. The first-order valence-corrected chi connectivity index (χ1v) is 7.27. The van der Waals surface area contributed by atoms with Gasteiger partial charge in [-0.25, -0.2) is 4.79 Å². The van der Waals surface area contributed by atoms with E-state index in [-0.39, 0.29) is 6.54 Å². The van der Waals surface area contributed by atoms with E-state index in [0.717, 1.165) is 0 Å². The highest BCUT2D eigenvalue weighted by Gasteiger charge is 2.70. The van der Waals surface area contributed by atoms with Crippen LogP contribution < -0.4 is 0 Å². The molecule has 8 radical (unpaired) electrons. The van der Waals surface area contributed by atoms with E-state index in [4.69, 9.17) is 23.5 Å². The molecule has 0 aliphatic carbocycles. The van der Waals surface area contributed by atoms with Gasteiger partial charge in [0.1, 0.15) is 7.85 Å². The summed E-state index contributed by atoms with van der Waals surface area (Å²) in [6.45, 7) is 4.22. The van der Waals surface area contributed by atoms with Gasteiger partial charge in [0.05, 0.1) is 15.7 Å². The fraction of sp³-hybridized carbons (Fsp3) is 0.917. The van der Waals surface area contributed by atoms with Gasteiger partial charge in [0.15, 0.2) is 7.85 Å². The maximum absolute atomic E-state index is 12.8. The summed E-state index contributed by atoms with van der Waals surface area (Å²) in [5, 5.41) is -1.78. The number of piperazine rings is 1. The molecule has 1 fully saturated rings. The molecule has 1 aliphatic heterocycles. The van der Waals surface area contributed by atoms with Crippen LogP contribution in [0, 0.1) is 0 Å². The third kappa shape index (κ3) is 4.31. The van der Waals surface area contributed by atoms with Crippen LogP contribution in [0.25, 0.3) is 0 Å². The standard InChI is InChI=1S/C12H14B4F6N2O2/c1-8(2,3)24-4-6(13)23(5-9(24,14)15)7(25)26-10(16,11(17,18)19)12(20,21)22/h6H,4-5H2,1-3H3. The number of halogens is 6. The summed E-state index contributed by atoms with van der Waals surface area (Å²) >= 11 is 0. The van der Waals surface area contributed by atoms with Gasteiger partial charge >= 0.3 is 18.4 Å². The normalized spacial score (nSPS) is 23.0. The van der Waals surface area contributed by atoms with Gasteiger partial charge in [-0.2, -0.15) is 26.3 Å². The van der Waals surface area contributed by atoms with E-state index in [1.54, 1.807) is 20.8 Å². The Morgan fingerprint density at radius 2 is 1.50 bits per heavy atom. The summed E-state index contributed by atoms with van der Waals surface area (Å²) in [6, 6.07) is 0. The van der Waals surface area contributed by atoms with Gasteiger partial charge in [-0.3, -0.25) is 0 Å². The van der Waals surface area contributed by atoms with Crippen LogP contribution in [-0.4, -0.2) is 95.0 Å². The molecule has 0 aromatic heterocycles. The van der Waals surface area contributed by atoms with Crippen LogP contribution in [0.1, 0.15) is 20.8 Å². The molecule has 4 nitrogen and oxygen atoms in total. The van der Waals surface area contributed by atoms with Gasteiger partial charge in [-0.1, -0.05) is 0 Å². The predicted molar refractivity (Wildman–Crippen MR) is 84.0 cm³/mol. The molecule has 1 saturated heterocycles. The topological polar surface area (TPSA) is 32.8 Å². The lowest BCUT2D eigenvalue weighted by atomic mass is 9.57. The molecule has 138 valence electrons. The van der Waals surface area contributed by atoms with Gasteiger partial charge in [-0.05, 0) is 26.1 Å². The average Bonchev–Trinajstić information content (AvgIpc) is 2.36. The lowest BCUT2D eigenvalue weighted by Gasteiger charge is -2.56. The van der Waals surface area contributed by atoms with Crippen LogP contribution in [0.5, 0.6) is 0 Å². The first kappa shape index (κ1) is 23.1. The van der Waals surface area contributed by atoms with Crippen molar-refractivity contribution in [1.29, 1.82) is 0 Å². The molecule has 1 unspecified atom stereocenters. The highest BCUT2D eigenvalue weighted by molar-refractivity contribution is 6.40. The molecule has 0 saturated carbocycles. The Hall–Kier alpha value is -0.930. The molecular formula is C12H14B4F6N2O2. The highest BCUT2D eigenvalue weighted by atomic mass is 19.4. The second-order valence-corrected chi connectivity index (χ2v) is 7.07.